The van der Waals surface area contributed by atoms with E-state index in [-0.39, 0.29) is 16.7 Å². The Balaban J connectivity index is 2.74. The van der Waals surface area contributed by atoms with Crippen molar-refractivity contribution in [2.45, 2.75) is 51.5 Å². The molecule has 0 aliphatic carbocycles. The van der Waals surface area contributed by atoms with Gasteiger partial charge < -0.3 is 10.1 Å². The van der Waals surface area contributed by atoms with Gasteiger partial charge in [0.15, 0.2) is 0 Å². The van der Waals surface area contributed by atoms with Gasteiger partial charge in [-0.25, -0.2) is 8.42 Å². The highest BCUT2D eigenvalue weighted by Crippen LogP contribution is 2.13. The summed E-state index contributed by atoms with van der Waals surface area (Å²) >= 11 is 0. The number of amides is 1. The Morgan fingerprint density at radius 3 is 2.40 bits per heavy atom. The van der Waals surface area contributed by atoms with Crippen LogP contribution in [0.5, 0.6) is 0 Å². The van der Waals surface area contributed by atoms with Gasteiger partial charge in [0.2, 0.25) is 15.9 Å². The second-order valence-electron chi connectivity index (χ2n) is 6.46. The van der Waals surface area contributed by atoms with E-state index < -0.39 is 16.1 Å². The molecular weight excluding hydrogens is 340 g/mol. The highest BCUT2D eigenvalue weighted by molar-refractivity contribution is 7.89. The molecule has 6 nitrogen and oxygen atoms in total. The van der Waals surface area contributed by atoms with Gasteiger partial charge in [0, 0.05) is 19.8 Å². The molecule has 7 heteroatoms. The predicted octanol–water partition coefficient (Wildman–Crippen LogP) is 2.23. The number of hydrogen-bond acceptors (Lipinski definition) is 4. The molecule has 1 aromatic carbocycles. The average molecular weight is 371 g/mol. The summed E-state index contributed by atoms with van der Waals surface area (Å²) in [5.74, 6) is -0.124. The molecule has 0 aliphatic rings. The van der Waals surface area contributed by atoms with Crippen molar-refractivity contribution in [2.75, 3.05) is 19.8 Å². The molecule has 0 heterocycles. The fourth-order valence-corrected chi connectivity index (χ4v) is 3.51. The lowest BCUT2D eigenvalue weighted by Crippen LogP contribution is -2.47. The number of carbonyl (C=O) groups excluding carboxylic acids is 1. The minimum atomic E-state index is -3.74. The second kappa shape index (κ2) is 10.5. The first-order valence-electron chi connectivity index (χ1n) is 8.70. The molecule has 142 valence electrons. The quantitative estimate of drug-likeness (QED) is 0.585. The monoisotopic (exact) mass is 370 g/mol. The zero-order valence-electron chi connectivity index (χ0n) is 15.5. The van der Waals surface area contributed by atoms with Gasteiger partial charge in [-0.2, -0.15) is 4.72 Å². The van der Waals surface area contributed by atoms with Gasteiger partial charge in [0.25, 0.3) is 0 Å². The number of benzene rings is 1. The van der Waals surface area contributed by atoms with Crippen molar-refractivity contribution in [3.05, 3.63) is 29.8 Å². The number of rotatable bonds is 11. The van der Waals surface area contributed by atoms with E-state index in [0.717, 1.165) is 5.56 Å². The molecule has 0 radical (unpaired) electrons. The summed E-state index contributed by atoms with van der Waals surface area (Å²) in [5.41, 5.74) is 0.977. The molecule has 0 aromatic heterocycles. The minimum Gasteiger partial charge on any atom is -0.382 e. The van der Waals surface area contributed by atoms with E-state index in [1.54, 1.807) is 24.3 Å². The lowest BCUT2D eigenvalue weighted by Gasteiger charge is -2.20. The largest absolute Gasteiger partial charge is 0.382 e. The smallest absolute Gasteiger partial charge is 0.241 e. The van der Waals surface area contributed by atoms with Crippen LogP contribution < -0.4 is 10.0 Å². The molecule has 0 spiro atoms. The SMILES string of the molecule is CCOCCCNC(=O)C(CC(C)C)NS(=O)(=O)c1ccc(C)cc1. The molecule has 0 bridgehead atoms. The normalized spacial score (nSPS) is 13.0. The van der Waals surface area contributed by atoms with E-state index in [1.807, 2.05) is 27.7 Å². The summed E-state index contributed by atoms with van der Waals surface area (Å²) < 4.78 is 32.9. The summed E-state index contributed by atoms with van der Waals surface area (Å²) in [7, 11) is -3.74. The fraction of sp³-hybridized carbons (Fsp3) is 0.611. The lowest BCUT2D eigenvalue weighted by atomic mass is 10.0. The zero-order chi connectivity index (χ0) is 18.9. The van der Waals surface area contributed by atoms with E-state index in [1.165, 1.54) is 0 Å². The van der Waals surface area contributed by atoms with Gasteiger partial charge in [-0.05, 0) is 44.7 Å². The summed E-state index contributed by atoms with van der Waals surface area (Å²) in [6.07, 6.45) is 1.13. The van der Waals surface area contributed by atoms with Crippen molar-refractivity contribution < 1.29 is 17.9 Å². The molecule has 0 fully saturated rings. The third-order valence-corrected chi connectivity index (χ3v) is 5.11. The number of aryl methyl sites for hydroxylation is 1. The Hall–Kier alpha value is -1.44. The summed E-state index contributed by atoms with van der Waals surface area (Å²) in [6, 6.07) is 5.77. The molecule has 1 unspecified atom stereocenters. The highest BCUT2D eigenvalue weighted by Gasteiger charge is 2.26. The van der Waals surface area contributed by atoms with Crippen LogP contribution in [-0.4, -0.2) is 40.1 Å². The molecule has 2 N–H and O–H groups in total. The van der Waals surface area contributed by atoms with E-state index in [0.29, 0.717) is 32.6 Å². The van der Waals surface area contributed by atoms with Crippen molar-refractivity contribution >= 4 is 15.9 Å². The molecule has 0 saturated carbocycles. The Labute approximate surface area is 151 Å². The van der Waals surface area contributed by atoms with Crippen LogP contribution in [0.15, 0.2) is 29.2 Å². The van der Waals surface area contributed by atoms with Crippen LogP contribution in [0.4, 0.5) is 0 Å². The van der Waals surface area contributed by atoms with Gasteiger partial charge in [0.1, 0.15) is 6.04 Å². The summed E-state index contributed by atoms with van der Waals surface area (Å²) in [5, 5.41) is 2.78. The number of sulfonamides is 1. The number of hydrogen-bond donors (Lipinski definition) is 2. The number of carbonyl (C=O) groups is 1. The van der Waals surface area contributed by atoms with Gasteiger partial charge in [0.05, 0.1) is 4.90 Å². The molecule has 1 amide bonds. The maximum absolute atomic E-state index is 12.5. The van der Waals surface area contributed by atoms with Gasteiger partial charge >= 0.3 is 0 Å². The molecule has 1 rings (SSSR count). The zero-order valence-corrected chi connectivity index (χ0v) is 16.4. The van der Waals surface area contributed by atoms with E-state index >= 15 is 0 Å². The van der Waals surface area contributed by atoms with Crippen LogP contribution in [0.3, 0.4) is 0 Å². The van der Waals surface area contributed by atoms with Crippen LogP contribution in [0.1, 0.15) is 39.2 Å². The van der Waals surface area contributed by atoms with Crippen LogP contribution >= 0.6 is 0 Å². The number of ether oxygens (including phenoxy) is 1. The van der Waals surface area contributed by atoms with E-state index in [2.05, 4.69) is 10.0 Å². The first kappa shape index (κ1) is 21.6. The molecule has 1 aromatic rings. The van der Waals surface area contributed by atoms with Crippen molar-refractivity contribution in [3.63, 3.8) is 0 Å². The maximum atomic E-state index is 12.5. The molecule has 0 saturated heterocycles. The van der Waals surface area contributed by atoms with Crippen LogP contribution in [0.2, 0.25) is 0 Å². The Morgan fingerprint density at radius 2 is 1.84 bits per heavy atom. The van der Waals surface area contributed by atoms with Crippen molar-refractivity contribution in [1.29, 1.82) is 0 Å². The molecule has 0 aliphatic heterocycles. The minimum absolute atomic E-state index is 0.163. The van der Waals surface area contributed by atoms with Crippen molar-refractivity contribution in [3.8, 4) is 0 Å². The standard InChI is InChI=1S/C18H30N2O4S/c1-5-24-12-6-11-19-18(21)17(13-14(2)3)20-25(22,23)16-9-7-15(4)8-10-16/h7-10,14,17,20H,5-6,11-13H2,1-4H3,(H,19,21). The van der Waals surface area contributed by atoms with Crippen LogP contribution in [0.25, 0.3) is 0 Å². The lowest BCUT2D eigenvalue weighted by molar-refractivity contribution is -0.123. The van der Waals surface area contributed by atoms with Crippen molar-refractivity contribution in [2.24, 2.45) is 5.92 Å². The van der Waals surface area contributed by atoms with Gasteiger partial charge in [-0.3, -0.25) is 4.79 Å². The average Bonchev–Trinajstić information content (AvgIpc) is 2.53. The Morgan fingerprint density at radius 1 is 1.20 bits per heavy atom. The van der Waals surface area contributed by atoms with Crippen molar-refractivity contribution in [1.82, 2.24) is 10.0 Å². The highest BCUT2D eigenvalue weighted by atomic mass is 32.2. The van der Waals surface area contributed by atoms with Gasteiger partial charge in [-0.15, -0.1) is 0 Å². The Kier molecular flexibility index (Phi) is 9.10. The van der Waals surface area contributed by atoms with Gasteiger partial charge in [-0.1, -0.05) is 31.5 Å². The first-order valence-corrected chi connectivity index (χ1v) is 10.2. The van der Waals surface area contributed by atoms with Crippen LogP contribution in [0, 0.1) is 12.8 Å². The molecule has 1 atom stereocenters. The molecule has 25 heavy (non-hydrogen) atoms. The number of nitrogens with one attached hydrogen (secondary N) is 2. The van der Waals surface area contributed by atoms with Crippen LogP contribution in [-0.2, 0) is 19.6 Å². The predicted molar refractivity (Wildman–Crippen MR) is 98.9 cm³/mol. The third-order valence-electron chi connectivity index (χ3n) is 3.62. The second-order valence-corrected chi connectivity index (χ2v) is 8.17. The van der Waals surface area contributed by atoms with E-state index in [9.17, 15) is 13.2 Å². The Bertz CT molecular complexity index is 627. The van der Waals surface area contributed by atoms with E-state index in [4.69, 9.17) is 4.74 Å². The first-order chi connectivity index (χ1) is 11.8. The summed E-state index contributed by atoms with van der Waals surface area (Å²) in [4.78, 5) is 12.6. The maximum Gasteiger partial charge on any atom is 0.241 e. The topological polar surface area (TPSA) is 84.5 Å². The third kappa shape index (κ3) is 7.98. The summed E-state index contributed by atoms with van der Waals surface area (Å²) in [6.45, 7) is 9.38. The fourth-order valence-electron chi connectivity index (χ4n) is 2.31. The molecular formula is C18H30N2O4S.